The van der Waals surface area contributed by atoms with Crippen molar-refractivity contribution in [3.8, 4) is 5.75 Å². The Balaban J connectivity index is 1.63. The van der Waals surface area contributed by atoms with Crippen LogP contribution in [0.25, 0.3) is 0 Å². The molecule has 0 aliphatic carbocycles. The highest BCUT2D eigenvalue weighted by Gasteiger charge is 2.19. The lowest BCUT2D eigenvalue weighted by molar-refractivity contribution is 0.0679. The zero-order chi connectivity index (χ0) is 20.9. The Hall–Kier alpha value is -2.86. The fourth-order valence-electron chi connectivity index (χ4n) is 3.06. The lowest BCUT2D eigenvalue weighted by atomic mass is 10.1. The molecule has 0 bridgehead atoms. The van der Waals surface area contributed by atoms with Gasteiger partial charge in [0.05, 0.1) is 17.4 Å². The number of carbonyl (C=O) groups excluding carboxylic acids is 2. The minimum absolute atomic E-state index is 0.147. The van der Waals surface area contributed by atoms with Gasteiger partial charge in [-0.25, -0.2) is 0 Å². The molecule has 1 saturated heterocycles. The van der Waals surface area contributed by atoms with E-state index in [9.17, 15) is 9.59 Å². The van der Waals surface area contributed by atoms with Gasteiger partial charge in [-0.15, -0.1) is 0 Å². The average Bonchev–Trinajstić information content (AvgIpc) is 3.19. The lowest BCUT2D eigenvalue weighted by Gasteiger charge is -2.21. The van der Waals surface area contributed by atoms with E-state index < -0.39 is 0 Å². The van der Waals surface area contributed by atoms with Crippen LogP contribution in [-0.2, 0) is 4.74 Å². The molecule has 1 aliphatic heterocycles. The van der Waals surface area contributed by atoms with E-state index in [2.05, 4.69) is 10.6 Å². The van der Waals surface area contributed by atoms with Gasteiger partial charge in [0.15, 0.2) is 0 Å². The fraction of sp³-hybridized carbons (Fsp3) is 0.391. The number of benzene rings is 2. The van der Waals surface area contributed by atoms with E-state index in [4.69, 9.17) is 9.47 Å². The monoisotopic (exact) mass is 396 g/mol. The molecule has 2 N–H and O–H groups in total. The number of ether oxygens (including phenoxy) is 2. The molecule has 0 radical (unpaired) electrons. The number of para-hydroxylation sites is 1. The van der Waals surface area contributed by atoms with Crippen molar-refractivity contribution < 1.29 is 19.1 Å². The molecule has 1 fully saturated rings. The van der Waals surface area contributed by atoms with E-state index in [1.54, 1.807) is 48.5 Å². The Morgan fingerprint density at radius 3 is 2.45 bits per heavy atom. The van der Waals surface area contributed by atoms with Crippen LogP contribution in [0, 0.1) is 0 Å². The molecular formula is C23H28N2O4. The summed E-state index contributed by atoms with van der Waals surface area (Å²) in [7, 11) is 0. The summed E-state index contributed by atoms with van der Waals surface area (Å²) in [6.07, 6.45) is 2.24. The van der Waals surface area contributed by atoms with Crippen LogP contribution in [0.3, 0.4) is 0 Å². The van der Waals surface area contributed by atoms with E-state index in [0.717, 1.165) is 19.4 Å². The van der Waals surface area contributed by atoms with Crippen LogP contribution in [0.4, 0.5) is 5.69 Å². The van der Waals surface area contributed by atoms with Crippen molar-refractivity contribution in [3.63, 3.8) is 0 Å². The minimum atomic E-state index is -0.367. The summed E-state index contributed by atoms with van der Waals surface area (Å²) in [5, 5.41) is 5.75. The van der Waals surface area contributed by atoms with Crippen LogP contribution in [0.1, 0.15) is 54.3 Å². The minimum Gasteiger partial charge on any atom is -0.491 e. The molecule has 1 atom stereocenters. The topological polar surface area (TPSA) is 76.7 Å². The second-order valence-electron chi connectivity index (χ2n) is 8.17. The molecule has 29 heavy (non-hydrogen) atoms. The Kier molecular flexibility index (Phi) is 6.54. The van der Waals surface area contributed by atoms with Crippen LogP contribution in [0.5, 0.6) is 5.75 Å². The van der Waals surface area contributed by atoms with Gasteiger partial charge >= 0.3 is 0 Å². The number of anilines is 1. The van der Waals surface area contributed by atoms with Gasteiger partial charge < -0.3 is 20.1 Å². The van der Waals surface area contributed by atoms with Crippen molar-refractivity contribution >= 4 is 17.5 Å². The first-order valence-electron chi connectivity index (χ1n) is 9.89. The third-order valence-electron chi connectivity index (χ3n) is 4.48. The first-order valence-corrected chi connectivity index (χ1v) is 9.89. The molecular weight excluding hydrogens is 368 g/mol. The molecule has 2 aromatic rings. The molecule has 0 saturated carbocycles. The summed E-state index contributed by atoms with van der Waals surface area (Å²) >= 11 is 0. The van der Waals surface area contributed by atoms with Crippen molar-refractivity contribution in [1.29, 1.82) is 0 Å². The lowest BCUT2D eigenvalue weighted by Crippen LogP contribution is -2.40. The molecule has 2 aromatic carbocycles. The second-order valence-corrected chi connectivity index (χ2v) is 8.17. The highest BCUT2D eigenvalue weighted by Crippen LogP contribution is 2.20. The Morgan fingerprint density at radius 2 is 1.79 bits per heavy atom. The summed E-state index contributed by atoms with van der Waals surface area (Å²) in [5.74, 6) is 0.181. The molecule has 2 amide bonds. The van der Waals surface area contributed by atoms with Crippen LogP contribution >= 0.6 is 0 Å². The predicted octanol–water partition coefficient (Wildman–Crippen LogP) is 4.03. The van der Waals surface area contributed by atoms with Crippen molar-refractivity contribution in [3.05, 3.63) is 59.7 Å². The summed E-state index contributed by atoms with van der Waals surface area (Å²) in [5.41, 5.74) is 1.01. The van der Waals surface area contributed by atoms with Gasteiger partial charge in [0, 0.05) is 17.7 Å². The first-order chi connectivity index (χ1) is 13.8. The van der Waals surface area contributed by atoms with Gasteiger partial charge in [-0.05, 0) is 70.0 Å². The van der Waals surface area contributed by atoms with Gasteiger partial charge in [-0.1, -0.05) is 12.1 Å². The summed E-state index contributed by atoms with van der Waals surface area (Å²) in [6, 6.07) is 13.9. The molecule has 0 aromatic heterocycles. The first kappa shape index (κ1) is 20.9. The number of hydrogen-bond donors (Lipinski definition) is 2. The largest absolute Gasteiger partial charge is 0.491 e. The molecule has 0 unspecified atom stereocenters. The number of hydrogen-bond acceptors (Lipinski definition) is 4. The second kappa shape index (κ2) is 9.09. The molecule has 154 valence electrons. The number of carbonyl (C=O) groups is 2. The predicted molar refractivity (Wildman–Crippen MR) is 113 cm³/mol. The zero-order valence-electron chi connectivity index (χ0n) is 17.2. The summed E-state index contributed by atoms with van der Waals surface area (Å²) < 4.78 is 11.3. The maximum Gasteiger partial charge on any atom is 0.255 e. The normalized spacial score (nSPS) is 16.3. The molecule has 6 nitrogen and oxygen atoms in total. The van der Waals surface area contributed by atoms with Crippen molar-refractivity contribution in [2.75, 3.05) is 18.5 Å². The molecule has 1 heterocycles. The van der Waals surface area contributed by atoms with Crippen molar-refractivity contribution in [2.45, 2.75) is 45.3 Å². The zero-order valence-corrected chi connectivity index (χ0v) is 17.2. The number of amides is 2. The highest BCUT2D eigenvalue weighted by atomic mass is 16.5. The van der Waals surface area contributed by atoms with Crippen LogP contribution < -0.4 is 15.4 Å². The molecule has 3 rings (SSSR count). The van der Waals surface area contributed by atoms with Crippen LogP contribution in [0.15, 0.2) is 48.5 Å². The molecule has 1 aliphatic rings. The van der Waals surface area contributed by atoms with E-state index in [1.165, 1.54) is 0 Å². The Bertz CT molecular complexity index is 850. The third-order valence-corrected chi connectivity index (χ3v) is 4.48. The maximum absolute atomic E-state index is 12.6. The quantitative estimate of drug-likeness (QED) is 0.773. The standard InChI is InChI=1S/C23H28N2O4/c1-23(2,3)25-22(27)19-8-4-5-9-20(19)24-21(26)16-10-12-17(13-11-16)29-15-18-7-6-14-28-18/h4-5,8-13,18H,6-7,14-15H2,1-3H3,(H,24,26)(H,25,27)/t18-/m1/s1. The molecule has 0 spiro atoms. The third kappa shape index (κ3) is 6.06. The van der Waals surface area contributed by atoms with E-state index in [0.29, 0.717) is 29.2 Å². The van der Waals surface area contributed by atoms with Crippen LogP contribution in [-0.4, -0.2) is 36.7 Å². The van der Waals surface area contributed by atoms with Crippen molar-refractivity contribution in [2.24, 2.45) is 0 Å². The number of rotatable bonds is 6. The SMILES string of the molecule is CC(C)(C)NC(=O)c1ccccc1NC(=O)c1ccc(OC[C@H]2CCCO2)cc1. The van der Waals surface area contributed by atoms with Crippen LogP contribution in [0.2, 0.25) is 0 Å². The van der Waals surface area contributed by atoms with Gasteiger partial charge in [-0.2, -0.15) is 0 Å². The van der Waals surface area contributed by atoms with Gasteiger partial charge in [0.1, 0.15) is 12.4 Å². The molecule has 6 heteroatoms. The van der Waals surface area contributed by atoms with E-state index in [1.807, 2.05) is 20.8 Å². The van der Waals surface area contributed by atoms with E-state index in [-0.39, 0.29) is 23.5 Å². The maximum atomic E-state index is 12.6. The van der Waals surface area contributed by atoms with E-state index >= 15 is 0 Å². The van der Waals surface area contributed by atoms with Gasteiger partial charge in [0.25, 0.3) is 11.8 Å². The smallest absolute Gasteiger partial charge is 0.255 e. The fourth-order valence-corrected chi connectivity index (χ4v) is 3.06. The summed E-state index contributed by atoms with van der Waals surface area (Å²) in [6.45, 7) is 7.04. The highest BCUT2D eigenvalue weighted by molar-refractivity contribution is 6.09. The Labute approximate surface area is 171 Å². The van der Waals surface area contributed by atoms with Crippen molar-refractivity contribution in [1.82, 2.24) is 5.32 Å². The average molecular weight is 396 g/mol. The number of nitrogens with one attached hydrogen (secondary N) is 2. The Morgan fingerprint density at radius 1 is 1.07 bits per heavy atom. The summed E-state index contributed by atoms with van der Waals surface area (Å²) in [4.78, 5) is 25.2. The van der Waals surface area contributed by atoms with Gasteiger partial charge in [0.2, 0.25) is 0 Å². The van der Waals surface area contributed by atoms with Gasteiger partial charge in [-0.3, -0.25) is 9.59 Å².